The highest BCUT2D eigenvalue weighted by molar-refractivity contribution is 5.77. The molecule has 62 heavy (non-hydrogen) atoms. The molecule has 4 aromatic rings. The first-order chi connectivity index (χ1) is 29.8. The predicted molar refractivity (Wildman–Crippen MR) is 232 cm³/mol. The Balaban J connectivity index is 1.58. The smallest absolute Gasteiger partial charge is 0.347 e. The number of carbonyl (C=O) groups excluding carboxylic acids is 3. The summed E-state index contributed by atoms with van der Waals surface area (Å²) in [5.74, 6) is -2.15. The molecule has 4 rings (SSSR count). The van der Waals surface area contributed by atoms with Crippen LogP contribution in [0.25, 0.3) is 34.2 Å². The van der Waals surface area contributed by atoms with Gasteiger partial charge in [0.1, 0.15) is 34.5 Å². The predicted octanol–water partition coefficient (Wildman–Crippen LogP) is 9.27. The number of aromatic hydroxyl groups is 3. The fourth-order valence-corrected chi connectivity index (χ4v) is 6.33. The molecule has 1 aromatic heterocycles. The van der Waals surface area contributed by atoms with E-state index in [1.165, 1.54) is 81.5 Å². The van der Waals surface area contributed by atoms with E-state index in [0.29, 0.717) is 13.2 Å². The second kappa shape index (κ2) is 25.0. The Kier molecular flexibility index (Phi) is 19.6. The lowest BCUT2D eigenvalue weighted by Gasteiger charge is -2.16. The Hall–Kier alpha value is -6.12. The highest BCUT2D eigenvalue weighted by Gasteiger charge is 2.23. The van der Waals surface area contributed by atoms with Crippen molar-refractivity contribution in [3.05, 3.63) is 54.6 Å². The molecular formula is C47H61N3O12. The number of nitrogens with zero attached hydrogens (tertiary/aromatic N) is 3. The fourth-order valence-electron chi connectivity index (χ4n) is 6.33. The first-order valence-corrected chi connectivity index (χ1v) is 21.5. The molecule has 0 amide bonds. The molecule has 3 atom stereocenters. The summed E-state index contributed by atoms with van der Waals surface area (Å²) >= 11 is 0. The summed E-state index contributed by atoms with van der Waals surface area (Å²) in [6, 6.07) is 12.9. The van der Waals surface area contributed by atoms with Crippen LogP contribution < -0.4 is 14.2 Å². The number of esters is 3. The van der Waals surface area contributed by atoms with E-state index in [9.17, 15) is 29.7 Å². The molecule has 3 N–H and O–H groups in total. The van der Waals surface area contributed by atoms with Crippen molar-refractivity contribution in [1.29, 1.82) is 0 Å². The molecule has 0 saturated carbocycles. The van der Waals surface area contributed by atoms with Gasteiger partial charge in [0.05, 0.1) is 37.0 Å². The SMILES string of the molecule is CCCCCCCCOC(=O)C(C)Oc1ccc(-c2nc(-c3ccc(OC(C)C(=O)OC)cc3O)nc(-c3ccc(OC(C)C(=O)OCCCCCCCC)cc3O)n2)c(O)c1. The lowest BCUT2D eigenvalue weighted by molar-refractivity contribution is -0.152. The standard InChI is InChI=1S/C47H61N3O12/c1-7-9-11-13-15-17-25-58-46(55)31(4)61-34-20-23-37(40(52)28-34)43-48-42(36-22-19-33(27-39(36)51)60-30(3)45(54)57-6)49-44(50-43)38-24-21-35(29-41(38)53)62-32(5)47(56)59-26-18-16-14-12-10-8-2/h19-24,27-32,51-53H,7-18,25-26H2,1-6H3. The Bertz CT molecular complexity index is 1970. The molecule has 0 aliphatic carbocycles. The van der Waals surface area contributed by atoms with Crippen LogP contribution in [0.3, 0.4) is 0 Å². The minimum Gasteiger partial charge on any atom is -0.507 e. The maximum atomic E-state index is 12.6. The van der Waals surface area contributed by atoms with Crippen LogP contribution >= 0.6 is 0 Å². The maximum Gasteiger partial charge on any atom is 0.347 e. The summed E-state index contributed by atoms with van der Waals surface area (Å²) < 4.78 is 32.7. The largest absolute Gasteiger partial charge is 0.507 e. The zero-order valence-corrected chi connectivity index (χ0v) is 36.7. The van der Waals surface area contributed by atoms with Gasteiger partial charge in [-0.1, -0.05) is 78.1 Å². The van der Waals surface area contributed by atoms with Gasteiger partial charge < -0.3 is 43.7 Å². The molecule has 15 heteroatoms. The monoisotopic (exact) mass is 859 g/mol. The molecule has 0 spiro atoms. The lowest BCUT2D eigenvalue weighted by atomic mass is 10.1. The minimum atomic E-state index is -0.956. The molecule has 0 fully saturated rings. The minimum absolute atomic E-state index is 0.0408. The highest BCUT2D eigenvalue weighted by atomic mass is 16.6. The molecule has 3 aromatic carbocycles. The average molecular weight is 860 g/mol. The summed E-state index contributed by atoms with van der Waals surface area (Å²) in [6.07, 6.45) is 9.82. The molecule has 0 bridgehead atoms. The van der Waals surface area contributed by atoms with Crippen LogP contribution in [0.1, 0.15) is 112 Å². The van der Waals surface area contributed by atoms with Crippen molar-refractivity contribution in [1.82, 2.24) is 15.0 Å². The number of unbranched alkanes of at least 4 members (excludes halogenated alkanes) is 10. The van der Waals surface area contributed by atoms with Gasteiger partial charge in [-0.15, -0.1) is 0 Å². The molecule has 15 nitrogen and oxygen atoms in total. The van der Waals surface area contributed by atoms with E-state index >= 15 is 0 Å². The molecule has 0 radical (unpaired) electrons. The van der Waals surface area contributed by atoms with E-state index in [1.54, 1.807) is 13.8 Å². The van der Waals surface area contributed by atoms with Crippen molar-refractivity contribution in [2.24, 2.45) is 0 Å². The first kappa shape index (κ1) is 48.5. The van der Waals surface area contributed by atoms with Gasteiger partial charge in [-0.2, -0.15) is 0 Å². The quantitative estimate of drug-likeness (QED) is 0.0306. The Labute approximate surface area is 363 Å². The third-order valence-corrected chi connectivity index (χ3v) is 9.89. The normalized spacial score (nSPS) is 12.5. The highest BCUT2D eigenvalue weighted by Crippen LogP contribution is 2.38. The topological polar surface area (TPSA) is 206 Å². The summed E-state index contributed by atoms with van der Waals surface area (Å²) in [4.78, 5) is 50.9. The van der Waals surface area contributed by atoms with Crippen LogP contribution in [-0.2, 0) is 28.6 Å². The van der Waals surface area contributed by atoms with E-state index < -0.39 is 36.2 Å². The van der Waals surface area contributed by atoms with E-state index in [-0.39, 0.29) is 68.7 Å². The van der Waals surface area contributed by atoms with E-state index in [1.807, 2.05) is 0 Å². The number of hydrogen-bond donors (Lipinski definition) is 3. The van der Waals surface area contributed by atoms with Gasteiger partial charge in [0, 0.05) is 18.2 Å². The van der Waals surface area contributed by atoms with Crippen LogP contribution in [0.15, 0.2) is 54.6 Å². The van der Waals surface area contributed by atoms with Crippen molar-refractivity contribution >= 4 is 17.9 Å². The van der Waals surface area contributed by atoms with Gasteiger partial charge in [-0.3, -0.25) is 0 Å². The van der Waals surface area contributed by atoms with E-state index in [2.05, 4.69) is 28.8 Å². The molecule has 0 aliphatic rings. The Morgan fingerprint density at radius 3 is 1.10 bits per heavy atom. The van der Waals surface area contributed by atoms with Crippen molar-refractivity contribution < 1.29 is 58.1 Å². The first-order valence-electron chi connectivity index (χ1n) is 21.5. The van der Waals surface area contributed by atoms with Gasteiger partial charge in [0.25, 0.3) is 0 Å². The number of benzene rings is 3. The van der Waals surface area contributed by atoms with Gasteiger partial charge in [0.15, 0.2) is 35.8 Å². The van der Waals surface area contributed by atoms with Crippen molar-refractivity contribution in [3.63, 3.8) is 0 Å². The van der Waals surface area contributed by atoms with E-state index in [4.69, 9.17) is 28.4 Å². The second-order valence-electron chi connectivity index (χ2n) is 15.0. The number of hydrogen-bond acceptors (Lipinski definition) is 15. The second-order valence-corrected chi connectivity index (χ2v) is 15.0. The summed E-state index contributed by atoms with van der Waals surface area (Å²) in [5, 5.41) is 33.6. The molecular weight excluding hydrogens is 799 g/mol. The molecule has 0 aliphatic heterocycles. The zero-order chi connectivity index (χ0) is 45.0. The summed E-state index contributed by atoms with van der Waals surface area (Å²) in [6.45, 7) is 9.52. The zero-order valence-electron chi connectivity index (χ0n) is 36.7. The van der Waals surface area contributed by atoms with Crippen LogP contribution in [0.4, 0.5) is 0 Å². The number of carbonyl (C=O) groups is 3. The molecule has 0 saturated heterocycles. The van der Waals surface area contributed by atoms with Crippen molar-refractivity contribution in [3.8, 4) is 68.7 Å². The van der Waals surface area contributed by atoms with Crippen molar-refractivity contribution in [2.45, 2.75) is 130 Å². The number of phenolic OH excluding ortho intramolecular Hbond substituents is 3. The summed E-state index contributed by atoms with van der Waals surface area (Å²) in [7, 11) is 1.24. The number of phenols is 3. The van der Waals surface area contributed by atoms with E-state index in [0.717, 1.165) is 64.2 Å². The van der Waals surface area contributed by atoms with Crippen LogP contribution in [-0.4, -0.2) is 86.8 Å². The lowest BCUT2D eigenvalue weighted by Crippen LogP contribution is -2.26. The van der Waals surface area contributed by atoms with Crippen LogP contribution in [0.2, 0.25) is 0 Å². The van der Waals surface area contributed by atoms with Crippen LogP contribution in [0.5, 0.6) is 34.5 Å². The van der Waals surface area contributed by atoms with Gasteiger partial charge in [-0.05, 0) is 70.0 Å². The number of aromatic nitrogens is 3. The maximum absolute atomic E-state index is 12.6. The average Bonchev–Trinajstić information content (AvgIpc) is 3.25. The Morgan fingerprint density at radius 2 is 0.790 bits per heavy atom. The van der Waals surface area contributed by atoms with Crippen molar-refractivity contribution in [2.75, 3.05) is 20.3 Å². The molecule has 1 heterocycles. The number of rotatable bonds is 26. The number of methoxy groups -OCH3 is 1. The molecule has 336 valence electrons. The van der Waals surface area contributed by atoms with Gasteiger partial charge in [-0.25, -0.2) is 29.3 Å². The van der Waals surface area contributed by atoms with Crippen LogP contribution in [0, 0.1) is 0 Å². The van der Waals surface area contributed by atoms with Gasteiger partial charge in [0.2, 0.25) is 0 Å². The third-order valence-electron chi connectivity index (χ3n) is 9.89. The summed E-state index contributed by atoms with van der Waals surface area (Å²) in [5.41, 5.74) is 0.410. The van der Waals surface area contributed by atoms with Gasteiger partial charge >= 0.3 is 17.9 Å². The number of ether oxygens (including phenoxy) is 6. The molecule has 3 unspecified atom stereocenters. The Morgan fingerprint density at radius 1 is 0.484 bits per heavy atom. The third kappa shape index (κ3) is 14.8. The fraction of sp³-hybridized carbons (Fsp3) is 0.489.